The standard InChI is InChI=1S/C5H4F3N3O2.C5H6F3N3/c6-5(7,8)3-10-2-4(1-9-10)11(12)13;6-5(7,8)3-11-2-4(9)1-10-11/h1-2H,3H2;1-2H,3,9H2. The Morgan fingerprint density at radius 2 is 1.46 bits per heavy atom. The topological polar surface area (TPSA) is 105 Å². The van der Waals surface area contributed by atoms with E-state index in [1.165, 1.54) is 6.20 Å². The molecule has 0 saturated heterocycles. The SMILES string of the molecule is Nc1cnn(CC(F)(F)F)c1.O=[N+]([O-])c1cnn(CC(F)(F)F)c1. The lowest BCUT2D eigenvalue weighted by Crippen LogP contribution is -2.17. The molecular formula is C10H10F6N6O2. The van der Waals surface area contributed by atoms with Crippen LogP contribution in [0.2, 0.25) is 0 Å². The van der Waals surface area contributed by atoms with Crippen molar-refractivity contribution in [2.24, 2.45) is 0 Å². The van der Waals surface area contributed by atoms with E-state index in [9.17, 15) is 36.5 Å². The molecule has 14 heteroatoms. The Balaban J connectivity index is 0.000000243. The van der Waals surface area contributed by atoms with Crippen LogP contribution in [0.15, 0.2) is 24.8 Å². The minimum Gasteiger partial charge on any atom is -0.396 e. The summed E-state index contributed by atoms with van der Waals surface area (Å²) in [6, 6.07) is 0. The van der Waals surface area contributed by atoms with Gasteiger partial charge >= 0.3 is 18.0 Å². The first-order chi connectivity index (χ1) is 10.9. The molecule has 0 fully saturated rings. The van der Waals surface area contributed by atoms with Crippen LogP contribution in [0.3, 0.4) is 0 Å². The summed E-state index contributed by atoms with van der Waals surface area (Å²) in [5, 5.41) is 16.6. The van der Waals surface area contributed by atoms with E-state index in [0.717, 1.165) is 23.3 Å². The largest absolute Gasteiger partial charge is 0.408 e. The third kappa shape index (κ3) is 7.46. The van der Waals surface area contributed by atoms with Crippen LogP contribution in [0.25, 0.3) is 0 Å². The molecule has 0 aliphatic rings. The number of alkyl halides is 6. The van der Waals surface area contributed by atoms with Crippen molar-refractivity contribution in [3.63, 3.8) is 0 Å². The van der Waals surface area contributed by atoms with Gasteiger partial charge in [0.25, 0.3) is 0 Å². The van der Waals surface area contributed by atoms with E-state index in [-0.39, 0.29) is 5.69 Å². The van der Waals surface area contributed by atoms with Crippen molar-refractivity contribution in [2.75, 3.05) is 5.73 Å². The molecule has 0 aliphatic carbocycles. The minimum absolute atomic E-state index is 0.231. The first kappa shape index (κ1) is 19.2. The maximum atomic E-state index is 11.7. The average molecular weight is 360 g/mol. The molecule has 0 unspecified atom stereocenters. The fraction of sp³-hybridized carbons (Fsp3) is 0.400. The third-order valence-corrected chi connectivity index (χ3v) is 2.17. The number of anilines is 1. The van der Waals surface area contributed by atoms with E-state index in [1.54, 1.807) is 0 Å². The highest BCUT2D eigenvalue weighted by Crippen LogP contribution is 2.18. The Morgan fingerprint density at radius 3 is 1.79 bits per heavy atom. The van der Waals surface area contributed by atoms with Crippen LogP contribution in [-0.2, 0) is 13.1 Å². The molecule has 134 valence electrons. The average Bonchev–Trinajstić information content (AvgIpc) is 2.95. The summed E-state index contributed by atoms with van der Waals surface area (Å²) in [5.41, 5.74) is 4.92. The van der Waals surface area contributed by atoms with Crippen molar-refractivity contribution in [1.82, 2.24) is 19.6 Å². The Bertz CT molecular complexity index is 676. The van der Waals surface area contributed by atoms with E-state index >= 15 is 0 Å². The highest BCUT2D eigenvalue weighted by atomic mass is 19.4. The number of aromatic nitrogens is 4. The molecule has 8 nitrogen and oxygen atoms in total. The smallest absolute Gasteiger partial charge is 0.396 e. The fourth-order valence-electron chi connectivity index (χ4n) is 1.37. The monoisotopic (exact) mass is 360 g/mol. The summed E-state index contributed by atoms with van der Waals surface area (Å²) in [4.78, 5) is 9.25. The van der Waals surface area contributed by atoms with Crippen LogP contribution in [0.5, 0.6) is 0 Å². The molecule has 0 spiro atoms. The Labute approximate surface area is 129 Å². The quantitative estimate of drug-likeness (QED) is 0.514. The Hall–Kier alpha value is -2.80. The van der Waals surface area contributed by atoms with Crippen LogP contribution < -0.4 is 5.73 Å². The summed E-state index contributed by atoms with van der Waals surface area (Å²) in [6.07, 6.45) is -4.85. The zero-order valence-electron chi connectivity index (χ0n) is 11.6. The second-order valence-electron chi connectivity index (χ2n) is 4.35. The second kappa shape index (κ2) is 7.18. The molecule has 2 rings (SSSR count). The molecule has 2 aromatic rings. The number of rotatable bonds is 3. The molecule has 0 atom stereocenters. The molecule has 2 heterocycles. The van der Waals surface area contributed by atoms with Crippen LogP contribution in [0.4, 0.5) is 37.7 Å². The normalized spacial score (nSPS) is 11.8. The third-order valence-electron chi connectivity index (χ3n) is 2.17. The van der Waals surface area contributed by atoms with Crippen LogP contribution >= 0.6 is 0 Å². The van der Waals surface area contributed by atoms with E-state index in [2.05, 4.69) is 10.2 Å². The van der Waals surface area contributed by atoms with Gasteiger partial charge in [0, 0.05) is 6.20 Å². The summed E-state index contributed by atoms with van der Waals surface area (Å²) in [6.45, 7) is -2.41. The molecule has 2 N–H and O–H groups in total. The fourth-order valence-corrected chi connectivity index (χ4v) is 1.37. The molecule has 2 aromatic heterocycles. The highest BCUT2D eigenvalue weighted by molar-refractivity contribution is 5.30. The number of halogens is 6. The maximum absolute atomic E-state index is 11.7. The molecular weight excluding hydrogens is 350 g/mol. The van der Waals surface area contributed by atoms with Gasteiger partial charge in [-0.25, -0.2) is 0 Å². The van der Waals surface area contributed by atoms with Crippen molar-refractivity contribution < 1.29 is 31.3 Å². The second-order valence-corrected chi connectivity index (χ2v) is 4.35. The maximum Gasteiger partial charge on any atom is 0.408 e. The van der Waals surface area contributed by atoms with Crippen molar-refractivity contribution in [3.05, 3.63) is 34.9 Å². The molecule has 0 aliphatic heterocycles. The molecule has 0 aromatic carbocycles. The number of nitrogens with zero attached hydrogens (tertiary/aromatic N) is 5. The van der Waals surface area contributed by atoms with Crippen molar-refractivity contribution in [2.45, 2.75) is 25.4 Å². The summed E-state index contributed by atoms with van der Waals surface area (Å²) in [5.74, 6) is 0. The van der Waals surface area contributed by atoms with E-state index in [1.807, 2.05) is 0 Å². The van der Waals surface area contributed by atoms with Gasteiger partial charge in [-0.3, -0.25) is 19.5 Å². The number of nitrogens with two attached hydrogens (primary N) is 1. The molecule has 24 heavy (non-hydrogen) atoms. The lowest BCUT2D eigenvalue weighted by atomic mass is 10.6. The number of nitrogen functional groups attached to an aromatic ring is 1. The molecule has 0 saturated carbocycles. The van der Waals surface area contributed by atoms with E-state index in [0.29, 0.717) is 4.68 Å². The Kier molecular flexibility index (Phi) is 5.76. The van der Waals surface area contributed by atoms with Crippen LogP contribution in [0.1, 0.15) is 0 Å². The van der Waals surface area contributed by atoms with Crippen LogP contribution in [-0.4, -0.2) is 36.8 Å². The predicted molar refractivity (Wildman–Crippen MR) is 67.6 cm³/mol. The zero-order chi connectivity index (χ0) is 18.5. The number of hydrogen-bond donors (Lipinski definition) is 1. The van der Waals surface area contributed by atoms with Gasteiger partial charge in [0.05, 0.1) is 16.8 Å². The van der Waals surface area contributed by atoms with Crippen molar-refractivity contribution in [3.8, 4) is 0 Å². The van der Waals surface area contributed by atoms with Gasteiger partial charge < -0.3 is 5.73 Å². The van der Waals surface area contributed by atoms with Gasteiger partial charge in [-0.2, -0.15) is 36.5 Å². The van der Waals surface area contributed by atoms with E-state index in [4.69, 9.17) is 5.73 Å². The number of nitro groups is 1. The van der Waals surface area contributed by atoms with Gasteiger partial charge in [0.1, 0.15) is 25.5 Å². The summed E-state index contributed by atoms with van der Waals surface area (Å²) < 4.78 is 71.3. The van der Waals surface area contributed by atoms with E-state index < -0.39 is 36.1 Å². The van der Waals surface area contributed by atoms with Gasteiger partial charge in [0.2, 0.25) is 0 Å². The lowest BCUT2D eigenvalue weighted by molar-refractivity contribution is -0.385. The van der Waals surface area contributed by atoms with Gasteiger partial charge in [-0.15, -0.1) is 0 Å². The minimum atomic E-state index is -4.42. The predicted octanol–water partition coefficient (Wildman–Crippen LogP) is 2.38. The first-order valence-electron chi connectivity index (χ1n) is 5.94. The van der Waals surface area contributed by atoms with Gasteiger partial charge in [-0.05, 0) is 0 Å². The molecule has 0 amide bonds. The van der Waals surface area contributed by atoms with Gasteiger partial charge in [0.15, 0.2) is 0 Å². The van der Waals surface area contributed by atoms with Crippen molar-refractivity contribution >= 4 is 11.4 Å². The Morgan fingerprint density at radius 1 is 1.00 bits per heavy atom. The summed E-state index contributed by atoms with van der Waals surface area (Å²) in [7, 11) is 0. The van der Waals surface area contributed by atoms with Gasteiger partial charge in [-0.1, -0.05) is 0 Å². The van der Waals surface area contributed by atoms with Crippen LogP contribution in [0, 0.1) is 10.1 Å². The zero-order valence-corrected chi connectivity index (χ0v) is 11.6. The highest BCUT2D eigenvalue weighted by Gasteiger charge is 2.29. The summed E-state index contributed by atoms with van der Waals surface area (Å²) >= 11 is 0. The first-order valence-corrected chi connectivity index (χ1v) is 5.94. The number of hydrogen-bond acceptors (Lipinski definition) is 5. The van der Waals surface area contributed by atoms with Crippen molar-refractivity contribution in [1.29, 1.82) is 0 Å². The molecule has 0 bridgehead atoms. The lowest BCUT2D eigenvalue weighted by Gasteiger charge is -2.04. The molecule has 0 radical (unpaired) electrons.